The van der Waals surface area contributed by atoms with Crippen LogP contribution in [0.1, 0.15) is 24.0 Å². The number of para-hydroxylation sites is 1. The van der Waals surface area contributed by atoms with E-state index >= 15 is 0 Å². The van der Waals surface area contributed by atoms with Crippen molar-refractivity contribution >= 4 is 17.6 Å². The molecule has 0 saturated heterocycles. The lowest BCUT2D eigenvalue weighted by atomic mass is 10.1. The minimum absolute atomic E-state index is 0.0746. The Balaban J connectivity index is 1.90. The average Bonchev–Trinajstić information content (AvgIpc) is 2.58. The minimum atomic E-state index is -0.832. The fourth-order valence-electron chi connectivity index (χ4n) is 2.44. The smallest absolute Gasteiger partial charge is 0.303 e. The molecule has 0 radical (unpaired) electrons. The molecule has 0 aliphatic carbocycles. The standard InChI is InChI=1S/C19H21NO4/c1-24-17-8-3-2-6-15(17)10-11-18(21)20-16-7-4-5-14(13-16)9-12-19(22)23/h2-8,13H,9-12H2,1H3,(H,20,21)(H,22,23). The maximum absolute atomic E-state index is 12.1. The summed E-state index contributed by atoms with van der Waals surface area (Å²) in [7, 11) is 1.61. The normalized spacial score (nSPS) is 10.2. The Morgan fingerprint density at radius 1 is 1.04 bits per heavy atom. The lowest BCUT2D eigenvalue weighted by molar-refractivity contribution is -0.137. The molecule has 0 unspecified atom stereocenters. The summed E-state index contributed by atoms with van der Waals surface area (Å²) in [4.78, 5) is 22.7. The molecule has 24 heavy (non-hydrogen) atoms. The Hall–Kier alpha value is -2.82. The first kappa shape index (κ1) is 17.5. The number of carbonyl (C=O) groups excluding carboxylic acids is 1. The highest BCUT2D eigenvalue weighted by Gasteiger charge is 2.07. The summed E-state index contributed by atoms with van der Waals surface area (Å²) in [6.07, 6.45) is 1.46. The molecular formula is C19H21NO4. The van der Waals surface area contributed by atoms with Crippen molar-refractivity contribution in [3.05, 3.63) is 59.7 Å². The van der Waals surface area contributed by atoms with Gasteiger partial charge in [0.1, 0.15) is 5.75 Å². The minimum Gasteiger partial charge on any atom is -0.496 e. The number of carboxylic acids is 1. The van der Waals surface area contributed by atoms with Gasteiger partial charge in [-0.2, -0.15) is 0 Å². The quantitative estimate of drug-likeness (QED) is 0.780. The number of rotatable bonds is 8. The number of anilines is 1. The largest absolute Gasteiger partial charge is 0.496 e. The van der Waals surface area contributed by atoms with Crippen LogP contribution >= 0.6 is 0 Å². The first-order chi connectivity index (χ1) is 11.6. The van der Waals surface area contributed by atoms with E-state index in [2.05, 4.69) is 5.32 Å². The Morgan fingerprint density at radius 2 is 1.83 bits per heavy atom. The molecule has 0 atom stereocenters. The van der Waals surface area contributed by atoms with Gasteiger partial charge in [0.15, 0.2) is 0 Å². The average molecular weight is 327 g/mol. The molecule has 1 amide bonds. The molecule has 0 aromatic heterocycles. The van der Waals surface area contributed by atoms with Gasteiger partial charge in [-0.15, -0.1) is 0 Å². The topological polar surface area (TPSA) is 75.6 Å². The van der Waals surface area contributed by atoms with Crippen LogP contribution < -0.4 is 10.1 Å². The van der Waals surface area contributed by atoms with Crippen LogP contribution in [-0.2, 0) is 22.4 Å². The summed E-state index contributed by atoms with van der Waals surface area (Å²) in [6.45, 7) is 0. The number of ether oxygens (including phenoxy) is 1. The zero-order valence-corrected chi connectivity index (χ0v) is 13.6. The fraction of sp³-hybridized carbons (Fsp3) is 0.263. The van der Waals surface area contributed by atoms with Crippen LogP contribution in [0.4, 0.5) is 5.69 Å². The van der Waals surface area contributed by atoms with Crippen LogP contribution in [-0.4, -0.2) is 24.1 Å². The lowest BCUT2D eigenvalue weighted by Gasteiger charge is -2.09. The van der Waals surface area contributed by atoms with Gasteiger partial charge in [-0.25, -0.2) is 0 Å². The van der Waals surface area contributed by atoms with E-state index in [4.69, 9.17) is 9.84 Å². The monoisotopic (exact) mass is 327 g/mol. The predicted octanol–water partition coefficient (Wildman–Crippen LogP) is 3.28. The molecular weight excluding hydrogens is 306 g/mol. The van der Waals surface area contributed by atoms with Crippen molar-refractivity contribution < 1.29 is 19.4 Å². The van der Waals surface area contributed by atoms with Crippen LogP contribution in [0, 0.1) is 0 Å². The molecule has 2 aromatic carbocycles. The van der Waals surface area contributed by atoms with Gasteiger partial charge in [-0.3, -0.25) is 9.59 Å². The molecule has 0 aliphatic rings. The SMILES string of the molecule is COc1ccccc1CCC(=O)Nc1cccc(CCC(=O)O)c1. The molecule has 0 bridgehead atoms. The van der Waals surface area contributed by atoms with Gasteiger partial charge in [0.25, 0.3) is 0 Å². The number of hydrogen-bond acceptors (Lipinski definition) is 3. The third kappa shape index (κ3) is 5.43. The summed E-state index contributed by atoms with van der Waals surface area (Å²) >= 11 is 0. The summed E-state index contributed by atoms with van der Waals surface area (Å²) in [5, 5.41) is 11.6. The fourth-order valence-corrected chi connectivity index (χ4v) is 2.44. The Kier molecular flexibility index (Phi) is 6.37. The predicted molar refractivity (Wildman–Crippen MR) is 92.3 cm³/mol. The van der Waals surface area contributed by atoms with E-state index in [1.165, 1.54) is 0 Å². The number of carboxylic acid groups (broad SMARTS) is 1. The van der Waals surface area contributed by atoms with Crippen LogP contribution in [0.3, 0.4) is 0 Å². The van der Waals surface area contributed by atoms with Gasteiger partial charge in [0.2, 0.25) is 5.91 Å². The van der Waals surface area contributed by atoms with Gasteiger partial charge in [-0.05, 0) is 42.2 Å². The number of aliphatic carboxylic acids is 1. The second kappa shape index (κ2) is 8.72. The highest BCUT2D eigenvalue weighted by atomic mass is 16.5. The zero-order chi connectivity index (χ0) is 17.4. The Labute approximate surface area is 141 Å². The van der Waals surface area contributed by atoms with Gasteiger partial charge in [0, 0.05) is 18.5 Å². The van der Waals surface area contributed by atoms with Gasteiger partial charge >= 0.3 is 5.97 Å². The third-order valence-electron chi connectivity index (χ3n) is 3.65. The van der Waals surface area contributed by atoms with Crippen molar-refractivity contribution in [3.63, 3.8) is 0 Å². The Morgan fingerprint density at radius 3 is 2.58 bits per heavy atom. The molecule has 0 aliphatic heterocycles. The number of carbonyl (C=O) groups is 2. The number of benzene rings is 2. The Bertz CT molecular complexity index is 712. The zero-order valence-electron chi connectivity index (χ0n) is 13.6. The second-order valence-corrected chi connectivity index (χ2v) is 5.45. The van der Waals surface area contributed by atoms with Gasteiger partial charge < -0.3 is 15.2 Å². The molecule has 0 saturated carbocycles. The summed E-state index contributed by atoms with van der Waals surface area (Å²) < 4.78 is 5.28. The molecule has 126 valence electrons. The van der Waals surface area contributed by atoms with Crippen molar-refractivity contribution in [1.29, 1.82) is 0 Å². The van der Waals surface area contributed by atoms with E-state index in [-0.39, 0.29) is 12.3 Å². The first-order valence-electron chi connectivity index (χ1n) is 7.81. The maximum Gasteiger partial charge on any atom is 0.303 e. The number of hydrogen-bond donors (Lipinski definition) is 2. The molecule has 5 heteroatoms. The van der Waals surface area contributed by atoms with Gasteiger partial charge in [-0.1, -0.05) is 30.3 Å². The first-order valence-corrected chi connectivity index (χ1v) is 7.81. The van der Waals surface area contributed by atoms with E-state index in [1.54, 1.807) is 13.2 Å². The van der Waals surface area contributed by atoms with Crippen LogP contribution in [0.2, 0.25) is 0 Å². The highest BCUT2D eigenvalue weighted by molar-refractivity contribution is 5.90. The molecule has 2 aromatic rings. The molecule has 2 N–H and O–H groups in total. The van der Waals surface area contributed by atoms with E-state index in [0.29, 0.717) is 24.9 Å². The maximum atomic E-state index is 12.1. The third-order valence-corrected chi connectivity index (χ3v) is 3.65. The molecule has 0 heterocycles. The number of nitrogens with one attached hydrogen (secondary N) is 1. The van der Waals surface area contributed by atoms with Crippen LogP contribution in [0.15, 0.2) is 48.5 Å². The molecule has 5 nitrogen and oxygen atoms in total. The molecule has 2 rings (SSSR count). The van der Waals surface area contributed by atoms with E-state index < -0.39 is 5.97 Å². The summed E-state index contributed by atoms with van der Waals surface area (Å²) in [5.74, 6) is -0.140. The van der Waals surface area contributed by atoms with Crippen LogP contribution in [0.5, 0.6) is 5.75 Å². The van der Waals surface area contributed by atoms with Crippen molar-refractivity contribution in [2.45, 2.75) is 25.7 Å². The van der Waals surface area contributed by atoms with Gasteiger partial charge in [0.05, 0.1) is 7.11 Å². The van der Waals surface area contributed by atoms with Crippen molar-refractivity contribution in [1.82, 2.24) is 0 Å². The second-order valence-electron chi connectivity index (χ2n) is 5.45. The summed E-state index contributed by atoms with van der Waals surface area (Å²) in [5.41, 5.74) is 2.56. The number of aryl methyl sites for hydroxylation is 2. The molecule has 0 fully saturated rings. The number of amides is 1. The van der Waals surface area contributed by atoms with Crippen molar-refractivity contribution in [3.8, 4) is 5.75 Å². The van der Waals surface area contributed by atoms with Crippen LogP contribution in [0.25, 0.3) is 0 Å². The number of methoxy groups -OCH3 is 1. The molecule has 0 spiro atoms. The van der Waals surface area contributed by atoms with Crippen molar-refractivity contribution in [2.75, 3.05) is 12.4 Å². The van der Waals surface area contributed by atoms with E-state index in [1.807, 2.05) is 42.5 Å². The van der Waals surface area contributed by atoms with Crippen molar-refractivity contribution in [2.24, 2.45) is 0 Å². The van der Waals surface area contributed by atoms with E-state index in [0.717, 1.165) is 16.9 Å². The highest BCUT2D eigenvalue weighted by Crippen LogP contribution is 2.19. The van der Waals surface area contributed by atoms with E-state index in [9.17, 15) is 9.59 Å². The lowest BCUT2D eigenvalue weighted by Crippen LogP contribution is -2.12. The summed E-state index contributed by atoms with van der Waals surface area (Å²) in [6, 6.07) is 14.9.